The molecule has 2 aromatic rings. The second-order valence-electron chi connectivity index (χ2n) is 5.60. The van der Waals surface area contributed by atoms with Crippen LogP contribution in [0.2, 0.25) is 0 Å². The summed E-state index contributed by atoms with van der Waals surface area (Å²) < 4.78 is 5.75. The van der Waals surface area contributed by atoms with E-state index < -0.39 is 0 Å². The average molecular weight is 312 g/mol. The van der Waals surface area contributed by atoms with Gasteiger partial charge in [0.25, 0.3) is 0 Å². The van der Waals surface area contributed by atoms with Crippen LogP contribution in [0.15, 0.2) is 54.6 Å². The summed E-state index contributed by atoms with van der Waals surface area (Å²) in [4.78, 5) is 11.9. The molecule has 2 aromatic carbocycles. The smallest absolute Gasteiger partial charge is 0.222 e. The third-order valence-corrected chi connectivity index (χ3v) is 3.25. The van der Waals surface area contributed by atoms with Gasteiger partial charge in [0.2, 0.25) is 5.91 Å². The van der Waals surface area contributed by atoms with Gasteiger partial charge in [-0.15, -0.1) is 0 Å². The molecule has 0 aromatic heterocycles. The highest BCUT2D eigenvalue weighted by Crippen LogP contribution is 2.24. The highest BCUT2D eigenvalue weighted by atomic mass is 16.5. The highest BCUT2D eigenvalue weighted by molar-refractivity contribution is 5.76. The Kier molecular flexibility index (Phi) is 6.48. The van der Waals surface area contributed by atoms with Crippen LogP contribution in [0, 0.1) is 0 Å². The number of para-hydroxylation sites is 2. The van der Waals surface area contributed by atoms with Crippen LogP contribution in [0.25, 0.3) is 0 Å². The second-order valence-corrected chi connectivity index (χ2v) is 5.60. The van der Waals surface area contributed by atoms with Crippen molar-refractivity contribution in [2.24, 2.45) is 0 Å². The summed E-state index contributed by atoms with van der Waals surface area (Å²) in [7, 11) is 0. The molecule has 122 valence electrons. The molecule has 0 bridgehead atoms. The van der Waals surface area contributed by atoms with E-state index in [2.05, 4.69) is 10.6 Å². The van der Waals surface area contributed by atoms with Gasteiger partial charge in [0.15, 0.2) is 0 Å². The van der Waals surface area contributed by atoms with Gasteiger partial charge in [0.05, 0.1) is 11.8 Å². The zero-order valence-corrected chi connectivity index (χ0v) is 13.7. The summed E-state index contributed by atoms with van der Waals surface area (Å²) in [6.07, 6.45) is 0.537. The number of carbonyl (C=O) groups excluding carboxylic acids is 1. The first-order chi connectivity index (χ1) is 11.1. The molecule has 4 nitrogen and oxygen atoms in total. The second kappa shape index (κ2) is 8.83. The quantitative estimate of drug-likeness (QED) is 0.783. The van der Waals surface area contributed by atoms with E-state index in [0.29, 0.717) is 19.5 Å². The number of hydrogen-bond donors (Lipinski definition) is 2. The Labute approximate surface area is 137 Å². The zero-order chi connectivity index (χ0) is 16.5. The maximum atomic E-state index is 11.9. The van der Waals surface area contributed by atoms with Crippen LogP contribution in [-0.2, 0) is 11.3 Å². The van der Waals surface area contributed by atoms with Crippen molar-refractivity contribution in [2.75, 3.05) is 11.9 Å². The number of carbonyl (C=O) groups is 1. The molecular weight excluding hydrogens is 288 g/mol. The monoisotopic (exact) mass is 312 g/mol. The van der Waals surface area contributed by atoms with Gasteiger partial charge < -0.3 is 15.4 Å². The van der Waals surface area contributed by atoms with Gasteiger partial charge in [-0.3, -0.25) is 4.79 Å². The van der Waals surface area contributed by atoms with Crippen molar-refractivity contribution < 1.29 is 9.53 Å². The summed E-state index contributed by atoms with van der Waals surface area (Å²) >= 11 is 0. The Balaban J connectivity index is 1.75. The lowest BCUT2D eigenvalue weighted by Gasteiger charge is -2.15. The SMILES string of the molecule is CC(C)Oc1ccccc1NCCC(=O)NCc1ccccc1. The fourth-order valence-electron chi connectivity index (χ4n) is 2.16. The van der Waals surface area contributed by atoms with Crippen molar-refractivity contribution in [3.8, 4) is 5.75 Å². The first kappa shape index (κ1) is 16.9. The molecule has 0 aliphatic heterocycles. The van der Waals surface area contributed by atoms with Crippen LogP contribution in [0.1, 0.15) is 25.8 Å². The summed E-state index contributed by atoms with van der Waals surface area (Å²) in [6, 6.07) is 17.7. The van der Waals surface area contributed by atoms with E-state index in [0.717, 1.165) is 17.0 Å². The molecule has 0 spiro atoms. The average Bonchev–Trinajstić information content (AvgIpc) is 2.55. The summed E-state index contributed by atoms with van der Waals surface area (Å²) in [5.41, 5.74) is 2.02. The van der Waals surface area contributed by atoms with Crippen LogP contribution in [0.4, 0.5) is 5.69 Å². The normalized spacial score (nSPS) is 10.4. The molecule has 0 unspecified atom stereocenters. The maximum absolute atomic E-state index is 11.9. The minimum Gasteiger partial charge on any atom is -0.489 e. The van der Waals surface area contributed by atoms with Crippen molar-refractivity contribution in [1.82, 2.24) is 5.32 Å². The first-order valence-electron chi connectivity index (χ1n) is 7.95. The molecule has 0 aliphatic rings. The highest BCUT2D eigenvalue weighted by Gasteiger charge is 2.06. The van der Waals surface area contributed by atoms with E-state index >= 15 is 0 Å². The van der Waals surface area contributed by atoms with Crippen molar-refractivity contribution in [2.45, 2.75) is 32.9 Å². The Hall–Kier alpha value is -2.49. The molecule has 1 amide bonds. The molecule has 23 heavy (non-hydrogen) atoms. The van der Waals surface area contributed by atoms with Crippen molar-refractivity contribution in [1.29, 1.82) is 0 Å². The number of amides is 1. The number of rotatable bonds is 8. The molecular formula is C19H24N2O2. The van der Waals surface area contributed by atoms with Gasteiger partial charge in [0, 0.05) is 19.5 Å². The van der Waals surface area contributed by atoms with Gasteiger partial charge in [-0.2, -0.15) is 0 Å². The molecule has 0 aliphatic carbocycles. The standard InChI is InChI=1S/C19H24N2O2/c1-15(2)23-18-11-7-6-10-17(18)20-13-12-19(22)21-14-16-8-4-3-5-9-16/h3-11,15,20H,12-14H2,1-2H3,(H,21,22). The van der Waals surface area contributed by atoms with Crippen molar-refractivity contribution in [3.05, 3.63) is 60.2 Å². The summed E-state index contributed by atoms with van der Waals surface area (Å²) in [5, 5.41) is 6.18. The van der Waals surface area contributed by atoms with Crippen LogP contribution < -0.4 is 15.4 Å². The lowest BCUT2D eigenvalue weighted by atomic mass is 10.2. The summed E-state index contributed by atoms with van der Waals surface area (Å²) in [6.45, 7) is 5.12. The molecule has 0 saturated heterocycles. The fourth-order valence-corrected chi connectivity index (χ4v) is 2.16. The number of anilines is 1. The van der Waals surface area contributed by atoms with Crippen LogP contribution >= 0.6 is 0 Å². The van der Waals surface area contributed by atoms with Gasteiger partial charge in [-0.1, -0.05) is 42.5 Å². The third kappa shape index (κ3) is 6.02. The van der Waals surface area contributed by atoms with Gasteiger partial charge in [-0.05, 0) is 31.5 Å². The number of nitrogens with one attached hydrogen (secondary N) is 2. The number of ether oxygens (including phenoxy) is 1. The molecule has 0 radical (unpaired) electrons. The molecule has 2 rings (SSSR count). The zero-order valence-electron chi connectivity index (χ0n) is 13.7. The lowest BCUT2D eigenvalue weighted by molar-refractivity contribution is -0.121. The van der Waals surface area contributed by atoms with Gasteiger partial charge in [-0.25, -0.2) is 0 Å². The number of benzene rings is 2. The lowest BCUT2D eigenvalue weighted by Crippen LogP contribution is -2.24. The Morgan fingerprint density at radius 3 is 2.48 bits per heavy atom. The maximum Gasteiger partial charge on any atom is 0.222 e. The predicted octanol–water partition coefficient (Wildman–Crippen LogP) is 3.59. The fraction of sp³-hybridized carbons (Fsp3) is 0.316. The predicted molar refractivity (Wildman–Crippen MR) is 93.6 cm³/mol. The molecule has 2 N–H and O–H groups in total. The largest absolute Gasteiger partial charge is 0.489 e. The Morgan fingerprint density at radius 2 is 1.74 bits per heavy atom. The first-order valence-corrected chi connectivity index (χ1v) is 7.95. The molecule has 0 saturated carbocycles. The van der Waals surface area contributed by atoms with E-state index in [4.69, 9.17) is 4.74 Å². The van der Waals surface area contributed by atoms with Gasteiger partial charge >= 0.3 is 0 Å². The molecule has 0 atom stereocenters. The molecule has 0 fully saturated rings. The molecule has 0 heterocycles. The minimum atomic E-state index is 0.0311. The summed E-state index contributed by atoms with van der Waals surface area (Å²) in [5.74, 6) is 0.843. The minimum absolute atomic E-state index is 0.0311. The van der Waals surface area contributed by atoms with E-state index in [9.17, 15) is 4.79 Å². The van der Waals surface area contributed by atoms with Crippen molar-refractivity contribution >= 4 is 11.6 Å². The molecule has 4 heteroatoms. The Bertz CT molecular complexity index is 612. The third-order valence-electron chi connectivity index (χ3n) is 3.25. The van der Waals surface area contributed by atoms with Crippen LogP contribution in [0.3, 0.4) is 0 Å². The Morgan fingerprint density at radius 1 is 1.04 bits per heavy atom. The van der Waals surface area contributed by atoms with Crippen LogP contribution in [-0.4, -0.2) is 18.6 Å². The van der Waals surface area contributed by atoms with E-state index in [1.54, 1.807) is 0 Å². The van der Waals surface area contributed by atoms with Gasteiger partial charge in [0.1, 0.15) is 5.75 Å². The number of hydrogen-bond acceptors (Lipinski definition) is 3. The van der Waals surface area contributed by atoms with E-state index in [-0.39, 0.29) is 12.0 Å². The topological polar surface area (TPSA) is 50.4 Å². The van der Waals surface area contributed by atoms with Crippen molar-refractivity contribution in [3.63, 3.8) is 0 Å². The van der Waals surface area contributed by atoms with Crippen LogP contribution in [0.5, 0.6) is 5.75 Å². The van der Waals surface area contributed by atoms with E-state index in [1.165, 1.54) is 0 Å². The van der Waals surface area contributed by atoms with E-state index in [1.807, 2.05) is 68.4 Å².